The van der Waals surface area contributed by atoms with Gasteiger partial charge in [-0.25, -0.2) is 5.84 Å². The molecule has 0 atom stereocenters. The van der Waals surface area contributed by atoms with E-state index >= 15 is 0 Å². The second-order valence-corrected chi connectivity index (χ2v) is 4.20. The molecule has 2 rings (SSSR count). The van der Waals surface area contributed by atoms with Gasteiger partial charge in [-0.05, 0) is 36.4 Å². The van der Waals surface area contributed by atoms with E-state index in [2.05, 4.69) is 5.43 Å². The van der Waals surface area contributed by atoms with E-state index < -0.39 is 5.91 Å². The third-order valence-corrected chi connectivity index (χ3v) is 2.71. The van der Waals surface area contributed by atoms with E-state index in [0.29, 0.717) is 27.8 Å². The Morgan fingerprint density at radius 2 is 2.00 bits per heavy atom. The van der Waals surface area contributed by atoms with E-state index in [0.717, 1.165) is 0 Å². The molecule has 2 aromatic carbocycles. The summed E-state index contributed by atoms with van der Waals surface area (Å²) in [6.45, 7) is 0. The van der Waals surface area contributed by atoms with Gasteiger partial charge in [0, 0.05) is 11.3 Å². The molecule has 0 aromatic heterocycles. The molecule has 0 fully saturated rings. The highest BCUT2D eigenvalue weighted by molar-refractivity contribution is 6.32. The Hall–Kier alpha value is -2.24. The van der Waals surface area contributed by atoms with E-state index in [-0.39, 0.29) is 0 Å². The van der Waals surface area contributed by atoms with E-state index in [4.69, 9.17) is 27.9 Å². The topological polar surface area (TPSA) is 90.4 Å². The lowest BCUT2D eigenvalue weighted by Gasteiger charge is -2.09. The third kappa shape index (κ3) is 3.15. The van der Waals surface area contributed by atoms with Crippen molar-refractivity contribution in [1.82, 2.24) is 5.43 Å². The number of nitrogens with two attached hydrogens (primary N) is 2. The van der Waals surface area contributed by atoms with Crippen molar-refractivity contribution in [3.63, 3.8) is 0 Å². The number of hydrazine groups is 1. The van der Waals surface area contributed by atoms with Gasteiger partial charge in [0.05, 0.1) is 5.02 Å². The largest absolute Gasteiger partial charge is 0.456 e. The Morgan fingerprint density at radius 1 is 1.21 bits per heavy atom. The van der Waals surface area contributed by atoms with E-state index in [1.54, 1.807) is 42.5 Å². The molecular weight excluding hydrogens is 266 g/mol. The fourth-order valence-corrected chi connectivity index (χ4v) is 1.74. The maximum Gasteiger partial charge on any atom is 0.265 e. The van der Waals surface area contributed by atoms with Crippen molar-refractivity contribution in [3.8, 4) is 11.5 Å². The van der Waals surface area contributed by atoms with Crippen LogP contribution in [0.4, 0.5) is 5.69 Å². The Kier molecular flexibility index (Phi) is 3.89. The summed E-state index contributed by atoms with van der Waals surface area (Å²) in [4.78, 5) is 11.4. The zero-order chi connectivity index (χ0) is 13.8. The Morgan fingerprint density at radius 3 is 2.68 bits per heavy atom. The zero-order valence-electron chi connectivity index (χ0n) is 9.89. The molecule has 0 heterocycles. The molecule has 0 spiro atoms. The minimum absolute atomic E-state index is 0.395. The number of nitrogens with one attached hydrogen (secondary N) is 1. The van der Waals surface area contributed by atoms with Crippen molar-refractivity contribution in [2.45, 2.75) is 0 Å². The predicted octanol–water partition coefficient (Wildman–Crippen LogP) is 2.32. The van der Waals surface area contributed by atoms with Crippen LogP contribution in [0.5, 0.6) is 11.5 Å². The minimum atomic E-state index is -0.395. The van der Waals surface area contributed by atoms with Gasteiger partial charge in [-0.1, -0.05) is 17.7 Å². The number of rotatable bonds is 3. The molecule has 0 saturated heterocycles. The highest BCUT2D eigenvalue weighted by atomic mass is 35.5. The number of nitrogen functional groups attached to an aromatic ring is 2. The summed E-state index contributed by atoms with van der Waals surface area (Å²) >= 11 is 6.00. The maximum absolute atomic E-state index is 11.4. The van der Waals surface area contributed by atoms with Crippen LogP contribution in [0.25, 0.3) is 0 Å². The normalized spacial score (nSPS) is 10.0. The fraction of sp³-hybridized carbons (Fsp3) is 0. The summed E-state index contributed by atoms with van der Waals surface area (Å²) in [5.74, 6) is 5.62. The first-order valence-corrected chi connectivity index (χ1v) is 5.82. The van der Waals surface area contributed by atoms with Gasteiger partial charge in [0.2, 0.25) is 0 Å². The van der Waals surface area contributed by atoms with Crippen LogP contribution in [-0.2, 0) is 0 Å². The minimum Gasteiger partial charge on any atom is -0.456 e. The Labute approximate surface area is 115 Å². The number of amides is 1. The van der Waals surface area contributed by atoms with Crippen molar-refractivity contribution in [2.75, 3.05) is 5.73 Å². The molecule has 0 aliphatic rings. The molecule has 6 heteroatoms. The van der Waals surface area contributed by atoms with Gasteiger partial charge >= 0.3 is 0 Å². The maximum atomic E-state index is 11.4. The van der Waals surface area contributed by atoms with Crippen LogP contribution in [0.2, 0.25) is 5.02 Å². The zero-order valence-corrected chi connectivity index (χ0v) is 10.6. The number of benzene rings is 2. The predicted molar refractivity (Wildman–Crippen MR) is 74.0 cm³/mol. The lowest BCUT2D eigenvalue weighted by Crippen LogP contribution is -2.29. The van der Waals surface area contributed by atoms with E-state index in [1.807, 2.05) is 0 Å². The number of carbonyl (C=O) groups is 1. The summed E-state index contributed by atoms with van der Waals surface area (Å²) in [7, 11) is 0. The molecule has 2 aromatic rings. The number of halogens is 1. The molecule has 5 N–H and O–H groups in total. The molecule has 1 amide bonds. The monoisotopic (exact) mass is 277 g/mol. The summed E-state index contributed by atoms with van der Waals surface area (Å²) in [5, 5.41) is 0.397. The molecular formula is C13H12ClN3O2. The van der Waals surface area contributed by atoms with Gasteiger partial charge in [0.15, 0.2) is 0 Å². The molecule has 0 radical (unpaired) electrons. The van der Waals surface area contributed by atoms with Crippen molar-refractivity contribution < 1.29 is 9.53 Å². The summed E-state index contributed by atoms with van der Waals surface area (Å²) < 4.78 is 5.59. The van der Waals surface area contributed by atoms with Crippen molar-refractivity contribution >= 4 is 23.2 Å². The summed E-state index contributed by atoms with van der Waals surface area (Å²) in [6, 6.07) is 11.5. The van der Waals surface area contributed by atoms with Crippen LogP contribution in [0, 0.1) is 0 Å². The van der Waals surface area contributed by atoms with Crippen molar-refractivity contribution in [1.29, 1.82) is 0 Å². The van der Waals surface area contributed by atoms with Gasteiger partial charge in [0.25, 0.3) is 5.91 Å². The van der Waals surface area contributed by atoms with Crippen LogP contribution in [0.15, 0.2) is 42.5 Å². The second-order valence-electron chi connectivity index (χ2n) is 3.79. The molecule has 0 saturated carbocycles. The highest BCUT2D eigenvalue weighted by Crippen LogP contribution is 2.31. The Bertz CT molecular complexity index is 617. The number of hydrogen-bond acceptors (Lipinski definition) is 4. The fourth-order valence-electron chi connectivity index (χ4n) is 1.51. The average molecular weight is 278 g/mol. The van der Waals surface area contributed by atoms with Gasteiger partial charge in [-0.15, -0.1) is 0 Å². The standard InChI is InChI=1S/C13H12ClN3O2/c14-11-7-9(15)4-5-12(11)19-10-3-1-2-8(6-10)13(18)17-16/h1-7H,15-16H2,(H,17,18). The first kappa shape index (κ1) is 13.2. The lowest BCUT2D eigenvalue weighted by molar-refractivity contribution is 0.0953. The highest BCUT2D eigenvalue weighted by Gasteiger charge is 2.07. The van der Waals surface area contributed by atoms with Gasteiger partial charge < -0.3 is 10.5 Å². The molecule has 0 aliphatic heterocycles. The Balaban J connectivity index is 2.26. The molecule has 0 aliphatic carbocycles. The van der Waals surface area contributed by atoms with Gasteiger partial charge in [-0.3, -0.25) is 10.2 Å². The van der Waals surface area contributed by atoms with Crippen molar-refractivity contribution in [3.05, 3.63) is 53.1 Å². The third-order valence-electron chi connectivity index (χ3n) is 2.41. The molecule has 5 nitrogen and oxygen atoms in total. The number of carbonyl (C=O) groups excluding carboxylic acids is 1. The first-order chi connectivity index (χ1) is 9.10. The molecule has 98 valence electrons. The first-order valence-electron chi connectivity index (χ1n) is 5.44. The quantitative estimate of drug-likeness (QED) is 0.347. The summed E-state index contributed by atoms with van der Waals surface area (Å²) in [5.41, 5.74) is 8.59. The number of anilines is 1. The van der Waals surface area contributed by atoms with Crippen LogP contribution < -0.4 is 21.7 Å². The molecule has 19 heavy (non-hydrogen) atoms. The average Bonchev–Trinajstić information content (AvgIpc) is 2.41. The molecule has 0 bridgehead atoms. The number of ether oxygens (including phenoxy) is 1. The van der Waals surface area contributed by atoms with Crippen LogP contribution >= 0.6 is 11.6 Å². The van der Waals surface area contributed by atoms with Gasteiger partial charge in [-0.2, -0.15) is 0 Å². The SMILES string of the molecule is NNC(=O)c1cccc(Oc2ccc(N)cc2Cl)c1. The van der Waals surface area contributed by atoms with Gasteiger partial charge in [0.1, 0.15) is 11.5 Å². The van der Waals surface area contributed by atoms with Crippen LogP contribution in [-0.4, -0.2) is 5.91 Å². The van der Waals surface area contributed by atoms with Crippen LogP contribution in [0.3, 0.4) is 0 Å². The smallest absolute Gasteiger partial charge is 0.265 e. The van der Waals surface area contributed by atoms with E-state index in [9.17, 15) is 4.79 Å². The number of hydrogen-bond donors (Lipinski definition) is 3. The lowest BCUT2D eigenvalue weighted by atomic mass is 10.2. The van der Waals surface area contributed by atoms with E-state index in [1.165, 1.54) is 0 Å². The molecule has 0 unspecified atom stereocenters. The summed E-state index contributed by atoms with van der Waals surface area (Å²) in [6.07, 6.45) is 0. The second kappa shape index (κ2) is 5.60. The van der Waals surface area contributed by atoms with Crippen LogP contribution in [0.1, 0.15) is 10.4 Å². The van der Waals surface area contributed by atoms with Crippen molar-refractivity contribution in [2.24, 2.45) is 5.84 Å².